The van der Waals surface area contributed by atoms with E-state index in [9.17, 15) is 0 Å². The number of hydrogen-bond acceptors (Lipinski definition) is 4. The van der Waals surface area contributed by atoms with Gasteiger partial charge >= 0.3 is 0 Å². The van der Waals surface area contributed by atoms with Crippen LogP contribution in [-0.4, -0.2) is 36.2 Å². The van der Waals surface area contributed by atoms with Crippen LogP contribution >= 0.6 is 0 Å². The molecule has 0 aliphatic carbocycles. The average Bonchev–Trinajstić information content (AvgIpc) is 2.90. The van der Waals surface area contributed by atoms with E-state index in [0.717, 1.165) is 18.9 Å². The lowest BCUT2D eigenvalue weighted by Crippen LogP contribution is -2.39. The molecular formula is C17H25N5O. The van der Waals surface area contributed by atoms with Crippen molar-refractivity contribution in [3.05, 3.63) is 46.6 Å². The highest BCUT2D eigenvalue weighted by atomic mass is 16.5. The van der Waals surface area contributed by atoms with Crippen molar-refractivity contribution in [2.24, 2.45) is 4.99 Å². The monoisotopic (exact) mass is 315 g/mol. The molecule has 0 radical (unpaired) electrons. The molecular weight excluding hydrogens is 290 g/mol. The van der Waals surface area contributed by atoms with Crippen molar-refractivity contribution in [2.45, 2.75) is 33.6 Å². The van der Waals surface area contributed by atoms with E-state index in [1.165, 1.54) is 16.7 Å². The van der Waals surface area contributed by atoms with Crippen molar-refractivity contribution in [1.82, 2.24) is 20.8 Å². The van der Waals surface area contributed by atoms with Gasteiger partial charge in [-0.3, -0.25) is 4.99 Å². The van der Waals surface area contributed by atoms with Crippen LogP contribution in [0.1, 0.15) is 28.4 Å². The quantitative estimate of drug-likeness (QED) is 0.629. The van der Waals surface area contributed by atoms with Gasteiger partial charge in [0, 0.05) is 26.6 Å². The maximum absolute atomic E-state index is 5.08. The van der Waals surface area contributed by atoms with Crippen molar-refractivity contribution in [1.29, 1.82) is 0 Å². The largest absolute Gasteiger partial charge is 0.356 e. The zero-order valence-electron chi connectivity index (χ0n) is 14.3. The highest BCUT2D eigenvalue weighted by Gasteiger charge is 2.03. The molecule has 6 heteroatoms. The molecule has 0 saturated carbocycles. The molecule has 1 aromatic carbocycles. The van der Waals surface area contributed by atoms with E-state index < -0.39 is 0 Å². The van der Waals surface area contributed by atoms with E-state index in [1.54, 1.807) is 7.05 Å². The number of aliphatic imine (C=N–C) groups is 1. The Morgan fingerprint density at radius 1 is 1.04 bits per heavy atom. The van der Waals surface area contributed by atoms with Crippen LogP contribution in [0.25, 0.3) is 0 Å². The van der Waals surface area contributed by atoms with Crippen molar-refractivity contribution in [3.63, 3.8) is 0 Å². The minimum Gasteiger partial charge on any atom is -0.356 e. The Morgan fingerprint density at radius 3 is 2.26 bits per heavy atom. The minimum absolute atomic E-state index is 0.640. The van der Waals surface area contributed by atoms with Crippen LogP contribution in [-0.2, 0) is 12.8 Å². The average molecular weight is 315 g/mol. The summed E-state index contributed by atoms with van der Waals surface area (Å²) >= 11 is 0. The molecule has 0 unspecified atom stereocenters. The second-order valence-corrected chi connectivity index (χ2v) is 5.66. The third-order valence-corrected chi connectivity index (χ3v) is 3.41. The maximum atomic E-state index is 5.08. The van der Waals surface area contributed by atoms with Crippen LogP contribution < -0.4 is 10.6 Å². The summed E-state index contributed by atoms with van der Waals surface area (Å²) in [6.45, 7) is 7.61. The van der Waals surface area contributed by atoms with Crippen LogP contribution in [0.3, 0.4) is 0 Å². The molecule has 0 amide bonds. The number of nitrogens with zero attached hydrogens (tertiary/aromatic N) is 3. The highest BCUT2D eigenvalue weighted by molar-refractivity contribution is 5.79. The maximum Gasteiger partial charge on any atom is 0.228 e. The number of guanidine groups is 1. The molecule has 0 atom stereocenters. The molecule has 6 nitrogen and oxygen atoms in total. The number of rotatable bonds is 6. The van der Waals surface area contributed by atoms with Crippen molar-refractivity contribution in [2.75, 3.05) is 20.1 Å². The Bertz CT molecular complexity index is 643. The summed E-state index contributed by atoms with van der Waals surface area (Å²) in [6, 6.07) is 6.64. The number of benzene rings is 1. The van der Waals surface area contributed by atoms with E-state index in [2.05, 4.69) is 57.8 Å². The van der Waals surface area contributed by atoms with Crippen molar-refractivity contribution >= 4 is 5.96 Å². The Balaban J connectivity index is 1.72. The molecule has 124 valence electrons. The van der Waals surface area contributed by atoms with Gasteiger partial charge in [-0.15, -0.1) is 0 Å². The molecule has 23 heavy (non-hydrogen) atoms. The van der Waals surface area contributed by atoms with Gasteiger partial charge < -0.3 is 15.2 Å². The molecule has 2 rings (SSSR count). The molecule has 1 heterocycles. The predicted molar refractivity (Wildman–Crippen MR) is 91.7 cm³/mol. The molecule has 0 aliphatic rings. The fraction of sp³-hybridized carbons (Fsp3) is 0.471. The number of aromatic nitrogens is 2. The highest BCUT2D eigenvalue weighted by Crippen LogP contribution is 2.08. The summed E-state index contributed by atoms with van der Waals surface area (Å²) in [7, 11) is 1.77. The molecule has 2 aromatic rings. The van der Waals surface area contributed by atoms with Crippen molar-refractivity contribution in [3.8, 4) is 0 Å². The van der Waals surface area contributed by atoms with E-state index in [0.29, 0.717) is 24.7 Å². The van der Waals surface area contributed by atoms with Gasteiger partial charge in [0.15, 0.2) is 11.8 Å². The van der Waals surface area contributed by atoms with Gasteiger partial charge in [0.25, 0.3) is 0 Å². The summed E-state index contributed by atoms with van der Waals surface area (Å²) in [4.78, 5) is 8.39. The Labute approximate surface area is 137 Å². The molecule has 0 aliphatic heterocycles. The van der Waals surface area contributed by atoms with Gasteiger partial charge in [0.1, 0.15) is 0 Å². The second kappa shape index (κ2) is 8.31. The first kappa shape index (κ1) is 17.0. The van der Waals surface area contributed by atoms with Crippen LogP contribution in [0, 0.1) is 20.8 Å². The van der Waals surface area contributed by atoms with Crippen LogP contribution in [0.15, 0.2) is 27.7 Å². The Morgan fingerprint density at radius 2 is 1.70 bits per heavy atom. The fourth-order valence-corrected chi connectivity index (χ4v) is 2.49. The number of nitrogens with one attached hydrogen (secondary N) is 2. The van der Waals surface area contributed by atoms with Gasteiger partial charge in [-0.05, 0) is 32.8 Å². The van der Waals surface area contributed by atoms with Gasteiger partial charge in [0.05, 0.1) is 0 Å². The first-order valence-corrected chi connectivity index (χ1v) is 7.87. The molecule has 2 N–H and O–H groups in total. The molecule has 1 aromatic heterocycles. The Hall–Kier alpha value is -2.37. The summed E-state index contributed by atoms with van der Waals surface area (Å²) in [5.41, 5.74) is 3.95. The zero-order valence-corrected chi connectivity index (χ0v) is 14.3. The minimum atomic E-state index is 0.640. The third-order valence-electron chi connectivity index (χ3n) is 3.41. The van der Waals surface area contributed by atoms with Crippen molar-refractivity contribution < 1.29 is 4.52 Å². The number of aryl methyl sites for hydroxylation is 3. The summed E-state index contributed by atoms with van der Waals surface area (Å²) < 4.78 is 5.08. The summed E-state index contributed by atoms with van der Waals surface area (Å²) in [5, 5.41) is 10.3. The SMILES string of the molecule is CN=C(NCCc1cc(C)cc(C)c1)NCCc1nc(C)no1. The molecule has 0 spiro atoms. The molecule has 0 bridgehead atoms. The smallest absolute Gasteiger partial charge is 0.228 e. The standard InChI is InChI=1S/C17H25N5O/c1-12-9-13(2)11-15(10-12)5-7-19-17(18-4)20-8-6-16-21-14(3)22-23-16/h9-11H,5-8H2,1-4H3,(H2,18,19,20). The second-order valence-electron chi connectivity index (χ2n) is 5.66. The predicted octanol–water partition coefficient (Wildman–Crippen LogP) is 1.95. The van der Waals surface area contributed by atoms with E-state index in [4.69, 9.17) is 4.52 Å². The first-order chi connectivity index (χ1) is 11.1. The number of hydrogen-bond donors (Lipinski definition) is 2. The normalized spacial score (nSPS) is 11.6. The summed E-state index contributed by atoms with van der Waals surface area (Å²) in [6.07, 6.45) is 1.64. The lowest BCUT2D eigenvalue weighted by molar-refractivity contribution is 0.374. The van der Waals surface area contributed by atoms with Gasteiger partial charge in [-0.2, -0.15) is 4.98 Å². The van der Waals surface area contributed by atoms with E-state index in [1.807, 2.05) is 6.92 Å². The molecule has 0 saturated heterocycles. The lowest BCUT2D eigenvalue weighted by Gasteiger charge is -2.11. The fourth-order valence-electron chi connectivity index (χ4n) is 2.49. The van der Waals surface area contributed by atoms with Gasteiger partial charge in [-0.1, -0.05) is 34.5 Å². The first-order valence-electron chi connectivity index (χ1n) is 7.87. The lowest BCUT2D eigenvalue weighted by atomic mass is 10.1. The summed E-state index contributed by atoms with van der Waals surface area (Å²) in [5.74, 6) is 2.09. The molecule has 0 fully saturated rings. The van der Waals surface area contributed by atoms with E-state index >= 15 is 0 Å². The topological polar surface area (TPSA) is 75.3 Å². The zero-order chi connectivity index (χ0) is 16.7. The van der Waals surface area contributed by atoms with Gasteiger partial charge in [-0.25, -0.2) is 0 Å². The third kappa shape index (κ3) is 5.73. The van der Waals surface area contributed by atoms with E-state index in [-0.39, 0.29) is 0 Å². The van der Waals surface area contributed by atoms with Crippen LogP contribution in [0.5, 0.6) is 0 Å². The Kier molecular flexibility index (Phi) is 6.14. The van der Waals surface area contributed by atoms with Crippen LogP contribution in [0.2, 0.25) is 0 Å². The van der Waals surface area contributed by atoms with Gasteiger partial charge in [0.2, 0.25) is 5.89 Å². The van der Waals surface area contributed by atoms with Crippen LogP contribution in [0.4, 0.5) is 0 Å².